The molecular weight excluding hydrogens is 658 g/mol. The Morgan fingerprint density at radius 3 is 0.826 bits per heavy atom. The van der Waals surface area contributed by atoms with E-state index < -0.39 is 0 Å². The molecule has 232 valence electrons. The number of nitrogens with zero attached hydrogens (tertiary/aromatic N) is 2. The molecule has 6 aromatic carbocycles. The molecule has 0 N–H and O–H groups in total. The van der Waals surface area contributed by atoms with Gasteiger partial charge in [-0.25, -0.2) is 0 Å². The summed E-state index contributed by atoms with van der Waals surface area (Å²) >= 11 is 24.1. The van der Waals surface area contributed by atoms with E-state index in [1.54, 1.807) is 14.2 Å². The van der Waals surface area contributed by atoms with Crippen LogP contribution in [-0.4, -0.2) is 14.2 Å². The molecule has 0 spiro atoms. The van der Waals surface area contributed by atoms with Crippen molar-refractivity contribution < 1.29 is 9.47 Å². The first kappa shape index (κ1) is 33.1. The standard InChI is InChI=1S/2C19H15Cl2NO/c2*1-23-19-5-3-2-4-18(19)22(16-10-6-14(20)7-11-16)17-12-8-15(21)9-13-17/h2*2-13H,1H3. The van der Waals surface area contributed by atoms with Crippen molar-refractivity contribution in [1.29, 1.82) is 0 Å². The number of methoxy groups -OCH3 is 2. The van der Waals surface area contributed by atoms with Crippen LogP contribution in [0, 0.1) is 0 Å². The fourth-order valence-corrected chi connectivity index (χ4v) is 5.35. The normalized spacial score (nSPS) is 10.4. The van der Waals surface area contributed by atoms with Gasteiger partial charge in [0.15, 0.2) is 0 Å². The van der Waals surface area contributed by atoms with E-state index in [0.717, 1.165) is 45.6 Å². The molecule has 0 aliphatic rings. The first-order valence-corrected chi connectivity index (χ1v) is 15.8. The lowest BCUT2D eigenvalue weighted by Gasteiger charge is -2.27. The van der Waals surface area contributed by atoms with Crippen LogP contribution in [0.15, 0.2) is 146 Å². The molecular formula is C38H30Cl4N2O2. The SMILES string of the molecule is COc1ccccc1N(c1ccc(Cl)cc1)c1ccc(Cl)cc1.COc1ccccc1N(c1ccc(Cl)cc1)c1ccc(Cl)cc1. The van der Waals surface area contributed by atoms with E-state index in [9.17, 15) is 0 Å². The predicted molar refractivity (Wildman–Crippen MR) is 195 cm³/mol. The second-order valence-corrected chi connectivity index (χ2v) is 11.7. The molecule has 6 aromatic rings. The van der Waals surface area contributed by atoms with Gasteiger partial charge in [-0.3, -0.25) is 0 Å². The van der Waals surface area contributed by atoms with Crippen molar-refractivity contribution in [2.75, 3.05) is 24.0 Å². The number of ether oxygens (including phenoxy) is 2. The number of rotatable bonds is 8. The smallest absolute Gasteiger partial charge is 0.142 e. The maximum Gasteiger partial charge on any atom is 0.142 e. The van der Waals surface area contributed by atoms with Gasteiger partial charge in [0.25, 0.3) is 0 Å². The van der Waals surface area contributed by atoms with Crippen LogP contribution in [0.5, 0.6) is 11.5 Å². The number of benzene rings is 6. The van der Waals surface area contributed by atoms with Crippen molar-refractivity contribution in [1.82, 2.24) is 0 Å². The molecule has 0 amide bonds. The molecule has 0 aliphatic carbocycles. The molecule has 0 aliphatic heterocycles. The van der Waals surface area contributed by atoms with Crippen LogP contribution in [0.2, 0.25) is 20.1 Å². The Hall–Kier alpha value is -4.32. The molecule has 4 nitrogen and oxygen atoms in total. The van der Waals surface area contributed by atoms with Gasteiger partial charge < -0.3 is 19.3 Å². The molecule has 0 radical (unpaired) electrons. The third-order valence-corrected chi connectivity index (χ3v) is 8.00. The van der Waals surface area contributed by atoms with E-state index in [1.807, 2.05) is 146 Å². The zero-order valence-corrected chi connectivity index (χ0v) is 28.1. The highest BCUT2D eigenvalue weighted by molar-refractivity contribution is 6.31. The average molecular weight is 688 g/mol. The molecule has 0 bridgehead atoms. The van der Waals surface area contributed by atoms with Gasteiger partial charge in [-0.05, 0) is 121 Å². The van der Waals surface area contributed by atoms with E-state index in [1.165, 1.54) is 0 Å². The lowest BCUT2D eigenvalue weighted by Crippen LogP contribution is -2.10. The highest BCUT2D eigenvalue weighted by Crippen LogP contribution is 2.41. The van der Waals surface area contributed by atoms with Gasteiger partial charge in [-0.15, -0.1) is 0 Å². The minimum absolute atomic E-state index is 0.699. The summed E-state index contributed by atoms with van der Waals surface area (Å²) < 4.78 is 11.0. The van der Waals surface area contributed by atoms with Gasteiger partial charge in [0.2, 0.25) is 0 Å². The average Bonchev–Trinajstić information content (AvgIpc) is 3.09. The number of halogens is 4. The highest BCUT2D eigenvalue weighted by atomic mass is 35.5. The van der Waals surface area contributed by atoms with Crippen molar-refractivity contribution in [2.24, 2.45) is 0 Å². The largest absolute Gasteiger partial charge is 0.495 e. The fourth-order valence-electron chi connectivity index (χ4n) is 4.84. The summed E-state index contributed by atoms with van der Waals surface area (Å²) in [6, 6.07) is 46.5. The van der Waals surface area contributed by atoms with E-state index in [2.05, 4.69) is 9.80 Å². The molecule has 0 atom stereocenters. The van der Waals surface area contributed by atoms with Crippen LogP contribution >= 0.6 is 46.4 Å². The van der Waals surface area contributed by atoms with Crippen LogP contribution in [-0.2, 0) is 0 Å². The molecule has 6 rings (SSSR count). The quantitative estimate of drug-likeness (QED) is 0.159. The van der Waals surface area contributed by atoms with Crippen molar-refractivity contribution in [3.63, 3.8) is 0 Å². The van der Waals surface area contributed by atoms with Gasteiger partial charge >= 0.3 is 0 Å². The van der Waals surface area contributed by atoms with Crippen molar-refractivity contribution >= 4 is 80.5 Å². The van der Waals surface area contributed by atoms with Crippen LogP contribution in [0.1, 0.15) is 0 Å². The lowest BCUT2D eigenvalue weighted by molar-refractivity contribution is 0.416. The molecule has 8 heteroatoms. The topological polar surface area (TPSA) is 24.9 Å². The Balaban J connectivity index is 0.000000181. The number of hydrogen-bond donors (Lipinski definition) is 0. The van der Waals surface area contributed by atoms with Crippen LogP contribution < -0.4 is 19.3 Å². The number of anilines is 6. The molecule has 0 saturated carbocycles. The second-order valence-electron chi connectivity index (χ2n) is 9.92. The van der Waals surface area contributed by atoms with E-state index in [-0.39, 0.29) is 0 Å². The minimum Gasteiger partial charge on any atom is -0.495 e. The summed E-state index contributed by atoms with van der Waals surface area (Å²) in [5, 5.41) is 2.80. The van der Waals surface area contributed by atoms with Crippen LogP contribution in [0.3, 0.4) is 0 Å². The van der Waals surface area contributed by atoms with Gasteiger partial charge in [-0.1, -0.05) is 70.7 Å². The summed E-state index contributed by atoms with van der Waals surface area (Å²) in [5.41, 5.74) is 5.84. The number of hydrogen-bond acceptors (Lipinski definition) is 4. The summed E-state index contributed by atoms with van der Waals surface area (Å²) in [7, 11) is 3.33. The van der Waals surface area contributed by atoms with Crippen molar-refractivity contribution in [3.05, 3.63) is 166 Å². The Bertz CT molecular complexity index is 1620. The van der Waals surface area contributed by atoms with Crippen LogP contribution in [0.25, 0.3) is 0 Å². The van der Waals surface area contributed by atoms with E-state index in [0.29, 0.717) is 20.1 Å². The first-order valence-electron chi connectivity index (χ1n) is 14.3. The highest BCUT2D eigenvalue weighted by Gasteiger charge is 2.17. The summed E-state index contributed by atoms with van der Waals surface area (Å²) in [6.45, 7) is 0. The second kappa shape index (κ2) is 15.8. The molecule has 0 fully saturated rings. The molecule has 46 heavy (non-hydrogen) atoms. The molecule has 0 aromatic heterocycles. The van der Waals surface area contributed by atoms with E-state index >= 15 is 0 Å². The van der Waals surface area contributed by atoms with E-state index in [4.69, 9.17) is 55.9 Å². The fraction of sp³-hybridized carbons (Fsp3) is 0.0526. The van der Waals surface area contributed by atoms with Crippen LogP contribution in [0.4, 0.5) is 34.1 Å². The minimum atomic E-state index is 0.699. The van der Waals surface area contributed by atoms with Gasteiger partial charge in [0, 0.05) is 42.8 Å². The first-order chi connectivity index (χ1) is 22.4. The Labute approximate surface area is 289 Å². The van der Waals surface area contributed by atoms with Gasteiger partial charge in [-0.2, -0.15) is 0 Å². The zero-order chi connectivity index (χ0) is 32.5. The number of para-hydroxylation sites is 4. The monoisotopic (exact) mass is 686 g/mol. The summed E-state index contributed by atoms with van der Waals surface area (Å²) in [6.07, 6.45) is 0. The maximum atomic E-state index is 6.03. The third-order valence-electron chi connectivity index (χ3n) is 6.99. The third kappa shape index (κ3) is 8.09. The Morgan fingerprint density at radius 2 is 0.587 bits per heavy atom. The maximum absolute atomic E-state index is 6.03. The molecule has 0 unspecified atom stereocenters. The zero-order valence-electron chi connectivity index (χ0n) is 25.1. The Kier molecular flexibility index (Phi) is 11.4. The van der Waals surface area contributed by atoms with Crippen molar-refractivity contribution in [3.8, 4) is 11.5 Å². The van der Waals surface area contributed by atoms with Crippen molar-refractivity contribution in [2.45, 2.75) is 0 Å². The summed E-state index contributed by atoms with van der Waals surface area (Å²) in [4.78, 5) is 4.21. The van der Waals surface area contributed by atoms with Gasteiger partial charge in [0.1, 0.15) is 11.5 Å². The molecule has 0 saturated heterocycles. The predicted octanol–water partition coefficient (Wildman–Crippen LogP) is 12.9. The molecule has 0 heterocycles. The summed E-state index contributed by atoms with van der Waals surface area (Å²) in [5.74, 6) is 1.58. The lowest BCUT2D eigenvalue weighted by atomic mass is 10.2. The Morgan fingerprint density at radius 1 is 0.348 bits per heavy atom. The van der Waals surface area contributed by atoms with Gasteiger partial charge in [0.05, 0.1) is 25.6 Å².